The predicted octanol–water partition coefficient (Wildman–Crippen LogP) is 0.295. The third-order valence-electron chi connectivity index (χ3n) is 3.54. The summed E-state index contributed by atoms with van der Waals surface area (Å²) in [5.74, 6) is -0.808. The van der Waals surface area contributed by atoms with Crippen LogP contribution >= 0.6 is 0 Å². The van der Waals surface area contributed by atoms with Gasteiger partial charge in [-0.2, -0.15) is 0 Å². The molecular weight excluding hydrogens is 208 g/mol. The zero-order valence-electron chi connectivity index (χ0n) is 9.90. The number of nitrogens with two attached hydrogens (primary N) is 1. The fraction of sp³-hybridized carbons (Fsp3) is 0.818. The van der Waals surface area contributed by atoms with Crippen LogP contribution in [0.3, 0.4) is 0 Å². The number of carbonyl (C=O) groups excluding carboxylic acids is 1. The Balaban J connectivity index is 2.75. The molecule has 1 saturated heterocycles. The van der Waals surface area contributed by atoms with Crippen LogP contribution in [0.25, 0.3) is 0 Å². The molecule has 0 spiro atoms. The zero-order chi connectivity index (χ0) is 12.3. The van der Waals surface area contributed by atoms with Gasteiger partial charge in [0, 0.05) is 26.1 Å². The smallest absolute Gasteiger partial charge is 0.311 e. The van der Waals surface area contributed by atoms with Gasteiger partial charge in [-0.15, -0.1) is 0 Å². The number of carboxylic acid groups (broad SMARTS) is 1. The molecule has 1 aliphatic rings. The van der Waals surface area contributed by atoms with E-state index in [2.05, 4.69) is 0 Å². The number of rotatable bonds is 4. The molecule has 0 aromatic heterocycles. The van der Waals surface area contributed by atoms with Crippen molar-refractivity contribution in [1.29, 1.82) is 0 Å². The first-order valence-electron chi connectivity index (χ1n) is 5.65. The Morgan fingerprint density at radius 2 is 2.12 bits per heavy atom. The van der Waals surface area contributed by atoms with E-state index in [9.17, 15) is 14.7 Å². The van der Waals surface area contributed by atoms with Gasteiger partial charge in [0.1, 0.15) is 0 Å². The molecule has 0 aliphatic carbocycles. The molecule has 1 heterocycles. The number of amides is 1. The van der Waals surface area contributed by atoms with Gasteiger partial charge in [-0.1, -0.05) is 13.8 Å². The first-order chi connectivity index (χ1) is 7.44. The first-order valence-corrected chi connectivity index (χ1v) is 5.65. The second-order valence-electron chi connectivity index (χ2n) is 4.72. The van der Waals surface area contributed by atoms with Crippen LogP contribution in [0.2, 0.25) is 0 Å². The molecule has 1 amide bonds. The highest BCUT2D eigenvalue weighted by atomic mass is 16.4. The Kier molecular flexibility index (Phi) is 3.91. The van der Waals surface area contributed by atoms with Crippen LogP contribution in [-0.4, -0.2) is 41.5 Å². The van der Waals surface area contributed by atoms with E-state index in [1.54, 1.807) is 4.90 Å². The monoisotopic (exact) mass is 228 g/mol. The molecule has 1 unspecified atom stereocenters. The second-order valence-corrected chi connectivity index (χ2v) is 4.72. The SMILES string of the molecule is CC(C)C1(C(=O)O)CCN(C(=O)CCN)C1. The van der Waals surface area contributed by atoms with Crippen LogP contribution < -0.4 is 5.73 Å². The lowest BCUT2D eigenvalue weighted by Gasteiger charge is -2.28. The van der Waals surface area contributed by atoms with Crippen LogP contribution in [0.5, 0.6) is 0 Å². The lowest BCUT2D eigenvalue weighted by Crippen LogP contribution is -2.40. The molecule has 0 bridgehead atoms. The molecule has 1 rings (SSSR count). The molecule has 0 aromatic rings. The lowest BCUT2D eigenvalue weighted by atomic mass is 9.76. The van der Waals surface area contributed by atoms with Crippen molar-refractivity contribution >= 4 is 11.9 Å². The molecule has 0 aromatic carbocycles. The molecule has 5 nitrogen and oxygen atoms in total. The molecule has 92 valence electrons. The van der Waals surface area contributed by atoms with Crippen molar-refractivity contribution in [3.8, 4) is 0 Å². The summed E-state index contributed by atoms with van der Waals surface area (Å²) in [4.78, 5) is 24.6. The highest BCUT2D eigenvalue weighted by Crippen LogP contribution is 2.38. The topological polar surface area (TPSA) is 83.6 Å². The predicted molar refractivity (Wildman–Crippen MR) is 59.8 cm³/mol. The number of nitrogens with zero attached hydrogens (tertiary/aromatic N) is 1. The summed E-state index contributed by atoms with van der Waals surface area (Å²) in [7, 11) is 0. The summed E-state index contributed by atoms with van der Waals surface area (Å²) in [6.07, 6.45) is 0.837. The van der Waals surface area contributed by atoms with Gasteiger partial charge in [-0.25, -0.2) is 0 Å². The average Bonchev–Trinajstić information content (AvgIpc) is 2.63. The minimum atomic E-state index is -0.800. The van der Waals surface area contributed by atoms with E-state index in [-0.39, 0.29) is 11.8 Å². The minimum Gasteiger partial charge on any atom is -0.481 e. The van der Waals surface area contributed by atoms with Gasteiger partial charge in [-0.05, 0) is 12.3 Å². The molecule has 5 heteroatoms. The van der Waals surface area contributed by atoms with E-state index >= 15 is 0 Å². The summed E-state index contributed by atoms with van der Waals surface area (Å²) in [5.41, 5.74) is 4.55. The van der Waals surface area contributed by atoms with Gasteiger partial charge in [0.2, 0.25) is 5.91 Å². The Morgan fingerprint density at radius 1 is 1.50 bits per heavy atom. The van der Waals surface area contributed by atoms with Crippen LogP contribution in [0.4, 0.5) is 0 Å². The van der Waals surface area contributed by atoms with Gasteiger partial charge >= 0.3 is 5.97 Å². The van der Waals surface area contributed by atoms with Gasteiger partial charge in [0.25, 0.3) is 0 Å². The average molecular weight is 228 g/mol. The highest BCUT2D eigenvalue weighted by molar-refractivity contribution is 5.81. The molecule has 3 N–H and O–H groups in total. The number of carbonyl (C=O) groups is 2. The largest absolute Gasteiger partial charge is 0.481 e. The van der Waals surface area contributed by atoms with Crippen molar-refractivity contribution < 1.29 is 14.7 Å². The highest BCUT2D eigenvalue weighted by Gasteiger charge is 2.48. The summed E-state index contributed by atoms with van der Waals surface area (Å²) >= 11 is 0. The fourth-order valence-corrected chi connectivity index (χ4v) is 2.22. The standard InChI is InChI=1S/C11H20N2O3/c1-8(2)11(10(15)16)4-6-13(7-11)9(14)3-5-12/h8H,3-7,12H2,1-2H3,(H,15,16). The van der Waals surface area contributed by atoms with Crippen molar-refractivity contribution in [3.05, 3.63) is 0 Å². The number of hydrogen-bond acceptors (Lipinski definition) is 3. The third kappa shape index (κ3) is 2.19. The zero-order valence-corrected chi connectivity index (χ0v) is 9.90. The van der Waals surface area contributed by atoms with Gasteiger partial charge in [0.05, 0.1) is 5.41 Å². The first kappa shape index (κ1) is 13.0. The molecule has 1 atom stereocenters. The Hall–Kier alpha value is -1.10. The Morgan fingerprint density at radius 3 is 2.50 bits per heavy atom. The maximum absolute atomic E-state index is 11.6. The van der Waals surface area contributed by atoms with Crippen molar-refractivity contribution in [2.24, 2.45) is 17.1 Å². The normalized spacial score (nSPS) is 25.1. The van der Waals surface area contributed by atoms with E-state index in [0.717, 1.165) is 0 Å². The molecule has 0 radical (unpaired) electrons. The number of hydrogen-bond donors (Lipinski definition) is 2. The van der Waals surface area contributed by atoms with Gasteiger partial charge in [0.15, 0.2) is 0 Å². The van der Waals surface area contributed by atoms with E-state index in [4.69, 9.17) is 5.73 Å². The summed E-state index contributed by atoms with van der Waals surface area (Å²) < 4.78 is 0. The molecule has 0 saturated carbocycles. The van der Waals surface area contributed by atoms with Crippen LogP contribution in [-0.2, 0) is 9.59 Å². The molecular formula is C11H20N2O3. The second kappa shape index (κ2) is 4.82. The van der Waals surface area contributed by atoms with E-state index in [1.807, 2.05) is 13.8 Å². The lowest BCUT2D eigenvalue weighted by molar-refractivity contribution is -0.151. The molecule has 1 aliphatic heterocycles. The van der Waals surface area contributed by atoms with Crippen molar-refractivity contribution in [2.75, 3.05) is 19.6 Å². The Labute approximate surface area is 95.6 Å². The van der Waals surface area contributed by atoms with E-state index < -0.39 is 11.4 Å². The fourth-order valence-electron chi connectivity index (χ4n) is 2.22. The maximum atomic E-state index is 11.6. The van der Waals surface area contributed by atoms with Crippen molar-refractivity contribution in [2.45, 2.75) is 26.7 Å². The molecule has 16 heavy (non-hydrogen) atoms. The van der Waals surface area contributed by atoms with Gasteiger partial charge in [-0.3, -0.25) is 9.59 Å². The number of likely N-dealkylation sites (tertiary alicyclic amines) is 1. The quantitative estimate of drug-likeness (QED) is 0.724. The van der Waals surface area contributed by atoms with Crippen molar-refractivity contribution in [3.63, 3.8) is 0 Å². The minimum absolute atomic E-state index is 0.0284. The summed E-state index contributed by atoms with van der Waals surface area (Å²) in [6, 6.07) is 0. The Bertz CT molecular complexity index is 291. The molecule has 1 fully saturated rings. The summed E-state index contributed by atoms with van der Waals surface area (Å²) in [5, 5.41) is 9.30. The maximum Gasteiger partial charge on any atom is 0.311 e. The number of carboxylic acids is 1. The number of aliphatic carboxylic acids is 1. The van der Waals surface area contributed by atoms with Crippen LogP contribution in [0.15, 0.2) is 0 Å². The van der Waals surface area contributed by atoms with Crippen LogP contribution in [0.1, 0.15) is 26.7 Å². The van der Waals surface area contributed by atoms with Crippen molar-refractivity contribution in [1.82, 2.24) is 4.90 Å². The third-order valence-corrected chi connectivity index (χ3v) is 3.54. The van der Waals surface area contributed by atoms with Gasteiger partial charge < -0.3 is 15.7 Å². The van der Waals surface area contributed by atoms with E-state index in [1.165, 1.54) is 0 Å². The van der Waals surface area contributed by atoms with Crippen LogP contribution in [0, 0.1) is 11.3 Å². The van der Waals surface area contributed by atoms with E-state index in [0.29, 0.717) is 32.5 Å². The summed E-state index contributed by atoms with van der Waals surface area (Å²) in [6.45, 7) is 4.95.